The number of carboxylic acid groups (broad SMARTS) is 1. The second-order valence-electron chi connectivity index (χ2n) is 4.04. The highest BCUT2D eigenvalue weighted by Crippen LogP contribution is 2.30. The zero-order chi connectivity index (χ0) is 12.6. The van der Waals surface area contributed by atoms with Gasteiger partial charge in [-0.05, 0) is 20.8 Å². The van der Waals surface area contributed by atoms with Crippen molar-refractivity contribution in [1.82, 2.24) is 14.8 Å². The van der Waals surface area contributed by atoms with Gasteiger partial charge in [0, 0.05) is 17.8 Å². The Hall–Kier alpha value is -1.69. The molecule has 17 heavy (non-hydrogen) atoms. The molecule has 0 bridgehead atoms. The molecule has 2 aromatic heterocycles. The predicted octanol–water partition coefficient (Wildman–Crippen LogP) is 2.59. The summed E-state index contributed by atoms with van der Waals surface area (Å²) in [4.78, 5) is 15.6. The van der Waals surface area contributed by atoms with Crippen LogP contribution >= 0.6 is 11.3 Å². The van der Waals surface area contributed by atoms with Gasteiger partial charge in [0.1, 0.15) is 0 Å². The van der Waals surface area contributed by atoms with Crippen molar-refractivity contribution in [3.63, 3.8) is 0 Å². The van der Waals surface area contributed by atoms with E-state index in [2.05, 4.69) is 10.1 Å². The van der Waals surface area contributed by atoms with Crippen LogP contribution in [0.15, 0.2) is 11.7 Å². The van der Waals surface area contributed by atoms with Crippen LogP contribution in [0.4, 0.5) is 0 Å². The Balaban J connectivity index is 2.53. The van der Waals surface area contributed by atoms with E-state index in [9.17, 15) is 4.79 Å². The highest BCUT2D eigenvalue weighted by Gasteiger charge is 2.19. The summed E-state index contributed by atoms with van der Waals surface area (Å²) in [5.41, 5.74) is 3.32. The third-order valence-electron chi connectivity index (χ3n) is 2.46. The van der Waals surface area contributed by atoms with E-state index in [0.29, 0.717) is 4.88 Å². The van der Waals surface area contributed by atoms with Crippen LogP contribution in [0.25, 0.3) is 10.4 Å². The Morgan fingerprint density at radius 2 is 2.24 bits per heavy atom. The summed E-state index contributed by atoms with van der Waals surface area (Å²) in [5, 5.41) is 13.4. The first kappa shape index (κ1) is 11.8. The molecule has 0 aliphatic carbocycles. The Bertz CT molecular complexity index is 557. The monoisotopic (exact) mass is 251 g/mol. The first-order chi connectivity index (χ1) is 8.00. The van der Waals surface area contributed by atoms with Crippen LogP contribution in [-0.4, -0.2) is 25.8 Å². The van der Waals surface area contributed by atoms with Crippen LogP contribution in [0.1, 0.15) is 36.1 Å². The van der Waals surface area contributed by atoms with E-state index in [1.165, 1.54) is 11.3 Å². The molecule has 2 heterocycles. The van der Waals surface area contributed by atoms with Crippen molar-refractivity contribution in [2.75, 3.05) is 0 Å². The fraction of sp³-hybridized carbons (Fsp3) is 0.364. The van der Waals surface area contributed by atoms with Crippen molar-refractivity contribution in [2.45, 2.75) is 26.8 Å². The van der Waals surface area contributed by atoms with Gasteiger partial charge < -0.3 is 5.11 Å². The van der Waals surface area contributed by atoms with Crippen LogP contribution in [0, 0.1) is 6.92 Å². The standard InChI is InChI=1S/C11H13N3O2S/c1-6(2)14-4-8(7(3)13-14)10-9(11(15)16)12-5-17-10/h4-6H,1-3H3,(H,15,16). The molecule has 0 spiro atoms. The number of aromatic nitrogens is 3. The molecule has 90 valence electrons. The number of carboxylic acids is 1. The third-order valence-corrected chi connectivity index (χ3v) is 3.32. The maximum atomic E-state index is 11.0. The Kier molecular flexibility index (Phi) is 2.97. The highest BCUT2D eigenvalue weighted by atomic mass is 32.1. The van der Waals surface area contributed by atoms with Crippen molar-refractivity contribution in [2.24, 2.45) is 0 Å². The lowest BCUT2D eigenvalue weighted by atomic mass is 10.2. The number of thiazole rings is 1. The molecule has 0 aliphatic rings. The van der Waals surface area contributed by atoms with Crippen molar-refractivity contribution in [3.8, 4) is 10.4 Å². The molecule has 0 saturated heterocycles. The molecule has 0 atom stereocenters. The van der Waals surface area contributed by atoms with E-state index < -0.39 is 5.97 Å². The fourth-order valence-corrected chi connectivity index (χ4v) is 2.40. The smallest absolute Gasteiger partial charge is 0.356 e. The minimum Gasteiger partial charge on any atom is -0.476 e. The van der Waals surface area contributed by atoms with Crippen LogP contribution in [0.2, 0.25) is 0 Å². The summed E-state index contributed by atoms with van der Waals surface area (Å²) in [5.74, 6) is -1.00. The maximum absolute atomic E-state index is 11.0. The quantitative estimate of drug-likeness (QED) is 0.910. The van der Waals surface area contributed by atoms with Gasteiger partial charge in [-0.1, -0.05) is 0 Å². The topological polar surface area (TPSA) is 68.0 Å². The lowest BCUT2D eigenvalue weighted by Gasteiger charge is -2.02. The van der Waals surface area contributed by atoms with Crippen molar-refractivity contribution in [1.29, 1.82) is 0 Å². The van der Waals surface area contributed by atoms with E-state index >= 15 is 0 Å². The number of aryl methyl sites for hydroxylation is 1. The number of nitrogens with zero attached hydrogens (tertiary/aromatic N) is 3. The van der Waals surface area contributed by atoms with Gasteiger partial charge in [0.05, 0.1) is 16.1 Å². The van der Waals surface area contributed by atoms with Gasteiger partial charge in [-0.2, -0.15) is 5.10 Å². The zero-order valence-corrected chi connectivity index (χ0v) is 10.7. The fourth-order valence-electron chi connectivity index (χ4n) is 1.56. The second kappa shape index (κ2) is 4.29. The van der Waals surface area contributed by atoms with Crippen LogP contribution in [0.3, 0.4) is 0 Å². The van der Waals surface area contributed by atoms with Gasteiger partial charge in [-0.15, -0.1) is 11.3 Å². The Morgan fingerprint density at radius 1 is 1.53 bits per heavy atom. The van der Waals surface area contributed by atoms with E-state index in [4.69, 9.17) is 5.11 Å². The number of aromatic carboxylic acids is 1. The maximum Gasteiger partial charge on any atom is 0.356 e. The van der Waals surface area contributed by atoms with Crippen molar-refractivity contribution < 1.29 is 9.90 Å². The average Bonchev–Trinajstić information content (AvgIpc) is 2.82. The normalized spacial score (nSPS) is 11.1. The Labute approximate surface area is 103 Å². The first-order valence-corrected chi connectivity index (χ1v) is 6.11. The molecule has 1 N–H and O–H groups in total. The summed E-state index contributed by atoms with van der Waals surface area (Å²) in [6, 6.07) is 0.253. The molecule has 6 heteroatoms. The highest BCUT2D eigenvalue weighted by molar-refractivity contribution is 7.13. The summed E-state index contributed by atoms with van der Waals surface area (Å²) in [6.07, 6.45) is 1.87. The lowest BCUT2D eigenvalue weighted by Crippen LogP contribution is -2.00. The summed E-state index contributed by atoms with van der Waals surface area (Å²) < 4.78 is 1.83. The van der Waals surface area contributed by atoms with E-state index in [1.807, 2.05) is 31.6 Å². The largest absolute Gasteiger partial charge is 0.476 e. The molecule has 0 radical (unpaired) electrons. The van der Waals surface area contributed by atoms with Gasteiger partial charge in [0.2, 0.25) is 0 Å². The third kappa shape index (κ3) is 2.08. The van der Waals surface area contributed by atoms with Gasteiger partial charge in [-0.3, -0.25) is 4.68 Å². The van der Waals surface area contributed by atoms with Crippen molar-refractivity contribution >= 4 is 17.3 Å². The molecule has 0 amide bonds. The number of hydrogen-bond acceptors (Lipinski definition) is 4. The number of hydrogen-bond donors (Lipinski definition) is 1. The van der Waals surface area contributed by atoms with Crippen LogP contribution in [-0.2, 0) is 0 Å². The lowest BCUT2D eigenvalue weighted by molar-refractivity contribution is 0.0692. The SMILES string of the molecule is Cc1nn(C(C)C)cc1-c1scnc1C(=O)O. The molecule has 2 rings (SSSR count). The van der Waals surface area contributed by atoms with Gasteiger partial charge in [0.25, 0.3) is 0 Å². The van der Waals surface area contributed by atoms with Gasteiger partial charge >= 0.3 is 5.97 Å². The minimum absolute atomic E-state index is 0.0985. The molecule has 0 fully saturated rings. The zero-order valence-electron chi connectivity index (χ0n) is 9.84. The summed E-state index contributed by atoms with van der Waals surface area (Å²) >= 11 is 1.32. The molecule has 2 aromatic rings. The minimum atomic E-state index is -1.00. The molecule has 0 aliphatic heterocycles. The van der Waals surface area contributed by atoms with Crippen LogP contribution < -0.4 is 0 Å². The second-order valence-corrected chi connectivity index (χ2v) is 4.89. The number of carbonyl (C=O) groups is 1. The molecule has 0 unspecified atom stereocenters. The summed E-state index contributed by atoms with van der Waals surface area (Å²) in [6.45, 7) is 5.93. The van der Waals surface area contributed by atoms with Crippen LogP contribution in [0.5, 0.6) is 0 Å². The van der Waals surface area contributed by atoms with Crippen molar-refractivity contribution in [3.05, 3.63) is 23.1 Å². The van der Waals surface area contributed by atoms with E-state index in [-0.39, 0.29) is 11.7 Å². The van der Waals surface area contributed by atoms with Gasteiger partial charge in [0.15, 0.2) is 5.69 Å². The van der Waals surface area contributed by atoms with E-state index in [1.54, 1.807) is 5.51 Å². The average molecular weight is 251 g/mol. The molecule has 0 saturated carbocycles. The van der Waals surface area contributed by atoms with Gasteiger partial charge in [-0.25, -0.2) is 9.78 Å². The molecular formula is C11H13N3O2S. The Morgan fingerprint density at radius 3 is 2.76 bits per heavy atom. The molecular weight excluding hydrogens is 238 g/mol. The summed E-state index contributed by atoms with van der Waals surface area (Å²) in [7, 11) is 0. The molecule has 5 nitrogen and oxygen atoms in total. The first-order valence-electron chi connectivity index (χ1n) is 5.23. The van der Waals surface area contributed by atoms with E-state index in [0.717, 1.165) is 11.3 Å². The number of rotatable bonds is 3. The predicted molar refractivity (Wildman–Crippen MR) is 65.4 cm³/mol. The molecule has 0 aromatic carbocycles.